The number of amides is 1. The minimum absolute atomic E-state index is 0.0960. The van der Waals surface area contributed by atoms with Crippen molar-refractivity contribution in [2.75, 3.05) is 0 Å². The molecule has 1 aromatic rings. The molecule has 1 amide bonds. The molecule has 15 heavy (non-hydrogen) atoms. The fourth-order valence-corrected chi connectivity index (χ4v) is 2.54. The van der Waals surface area contributed by atoms with Crippen molar-refractivity contribution < 1.29 is 4.79 Å². The summed E-state index contributed by atoms with van der Waals surface area (Å²) in [6.45, 7) is 0. The van der Waals surface area contributed by atoms with E-state index in [1.54, 1.807) is 0 Å². The maximum absolute atomic E-state index is 10.7. The van der Waals surface area contributed by atoms with Gasteiger partial charge in [-0.3, -0.25) is 4.79 Å². The average Bonchev–Trinajstić information content (AvgIpc) is 2.32. The van der Waals surface area contributed by atoms with Gasteiger partial charge in [0.2, 0.25) is 6.41 Å². The molecule has 1 saturated carbocycles. The summed E-state index contributed by atoms with van der Waals surface area (Å²) in [6.07, 6.45) is 6.67. The summed E-state index contributed by atoms with van der Waals surface area (Å²) in [5, 5.41) is 3.03. The van der Waals surface area contributed by atoms with Gasteiger partial charge in [0.1, 0.15) is 0 Å². The molecule has 2 nitrogen and oxygen atoms in total. The van der Waals surface area contributed by atoms with Gasteiger partial charge in [0.15, 0.2) is 0 Å². The molecule has 1 N–H and O–H groups in total. The summed E-state index contributed by atoms with van der Waals surface area (Å²) in [5.41, 5.74) is 1.15. The Morgan fingerprint density at radius 2 is 1.73 bits per heavy atom. The lowest BCUT2D eigenvalue weighted by atomic mass is 9.77. The monoisotopic (exact) mass is 203 g/mol. The van der Waals surface area contributed by atoms with E-state index in [2.05, 4.69) is 17.4 Å². The Morgan fingerprint density at radius 3 is 2.33 bits per heavy atom. The SMILES string of the molecule is O=CNC1(c2ccccc2)CCCCC1. The molecule has 0 aliphatic heterocycles. The van der Waals surface area contributed by atoms with E-state index >= 15 is 0 Å². The Balaban J connectivity index is 2.29. The molecule has 1 aromatic carbocycles. The van der Waals surface area contributed by atoms with E-state index in [1.165, 1.54) is 24.8 Å². The van der Waals surface area contributed by atoms with Crippen LogP contribution in [0.1, 0.15) is 37.7 Å². The van der Waals surface area contributed by atoms with Crippen molar-refractivity contribution in [2.24, 2.45) is 0 Å². The molecule has 0 atom stereocenters. The molecule has 0 heterocycles. The fraction of sp³-hybridized carbons (Fsp3) is 0.462. The smallest absolute Gasteiger partial charge is 0.207 e. The van der Waals surface area contributed by atoms with Crippen molar-refractivity contribution in [3.05, 3.63) is 35.9 Å². The predicted octanol–water partition coefficient (Wildman–Crippen LogP) is 2.59. The first kappa shape index (κ1) is 10.2. The van der Waals surface area contributed by atoms with Crippen LogP contribution >= 0.6 is 0 Å². The number of hydrogen-bond donors (Lipinski definition) is 1. The molecule has 1 aliphatic carbocycles. The van der Waals surface area contributed by atoms with Crippen LogP contribution in [0.25, 0.3) is 0 Å². The highest BCUT2D eigenvalue weighted by molar-refractivity contribution is 5.49. The highest BCUT2D eigenvalue weighted by Crippen LogP contribution is 2.36. The number of carbonyl (C=O) groups is 1. The van der Waals surface area contributed by atoms with Crippen LogP contribution in [0.4, 0.5) is 0 Å². The van der Waals surface area contributed by atoms with Gasteiger partial charge in [-0.15, -0.1) is 0 Å². The molecule has 1 fully saturated rings. The van der Waals surface area contributed by atoms with Gasteiger partial charge >= 0.3 is 0 Å². The molecule has 0 saturated heterocycles. The van der Waals surface area contributed by atoms with Crippen molar-refractivity contribution in [3.63, 3.8) is 0 Å². The first-order valence-electron chi connectivity index (χ1n) is 5.64. The Morgan fingerprint density at radius 1 is 1.07 bits per heavy atom. The molecule has 80 valence electrons. The summed E-state index contributed by atoms with van der Waals surface area (Å²) in [4.78, 5) is 10.7. The Kier molecular flexibility index (Phi) is 3.05. The van der Waals surface area contributed by atoms with E-state index in [4.69, 9.17) is 0 Å². The van der Waals surface area contributed by atoms with Crippen molar-refractivity contribution in [3.8, 4) is 0 Å². The van der Waals surface area contributed by atoms with Crippen LogP contribution in [-0.4, -0.2) is 6.41 Å². The Hall–Kier alpha value is -1.31. The third-order valence-corrected chi connectivity index (χ3v) is 3.37. The highest BCUT2D eigenvalue weighted by atomic mass is 16.1. The van der Waals surface area contributed by atoms with E-state index in [0.717, 1.165) is 19.3 Å². The maximum atomic E-state index is 10.7. The molecule has 0 spiro atoms. The van der Waals surface area contributed by atoms with Gasteiger partial charge in [-0.25, -0.2) is 0 Å². The zero-order valence-electron chi connectivity index (χ0n) is 8.91. The van der Waals surface area contributed by atoms with Crippen LogP contribution in [-0.2, 0) is 10.3 Å². The van der Waals surface area contributed by atoms with Gasteiger partial charge < -0.3 is 5.32 Å². The zero-order chi connectivity index (χ0) is 10.6. The lowest BCUT2D eigenvalue weighted by Gasteiger charge is -2.37. The molecule has 2 rings (SSSR count). The van der Waals surface area contributed by atoms with E-state index < -0.39 is 0 Å². The standard InChI is InChI=1S/C13H17NO/c15-11-14-13(9-5-2-6-10-13)12-7-3-1-4-8-12/h1,3-4,7-8,11H,2,5-6,9-10H2,(H,14,15). The van der Waals surface area contributed by atoms with Gasteiger partial charge in [0.25, 0.3) is 0 Å². The van der Waals surface area contributed by atoms with Gasteiger partial charge in [-0.1, -0.05) is 49.6 Å². The summed E-state index contributed by atoms with van der Waals surface area (Å²) in [5.74, 6) is 0. The van der Waals surface area contributed by atoms with E-state index in [9.17, 15) is 4.79 Å². The van der Waals surface area contributed by atoms with Crippen LogP contribution in [0.5, 0.6) is 0 Å². The molecule has 2 heteroatoms. The summed E-state index contributed by atoms with van der Waals surface area (Å²) < 4.78 is 0. The summed E-state index contributed by atoms with van der Waals surface area (Å²) in [7, 11) is 0. The minimum Gasteiger partial charge on any atom is -0.349 e. The number of benzene rings is 1. The molecule has 0 unspecified atom stereocenters. The first-order valence-corrected chi connectivity index (χ1v) is 5.64. The number of carbonyl (C=O) groups excluding carboxylic acids is 1. The lowest BCUT2D eigenvalue weighted by molar-refractivity contribution is -0.111. The molecule has 0 aromatic heterocycles. The normalized spacial score (nSPS) is 19.5. The number of nitrogens with one attached hydrogen (secondary N) is 1. The third kappa shape index (κ3) is 2.04. The third-order valence-electron chi connectivity index (χ3n) is 3.37. The molecular formula is C13H17NO. The maximum Gasteiger partial charge on any atom is 0.207 e. The second kappa shape index (κ2) is 4.47. The summed E-state index contributed by atoms with van der Waals surface area (Å²) >= 11 is 0. The van der Waals surface area contributed by atoms with Crippen LogP contribution < -0.4 is 5.32 Å². The van der Waals surface area contributed by atoms with Crippen LogP contribution in [0.2, 0.25) is 0 Å². The number of hydrogen-bond acceptors (Lipinski definition) is 1. The molecule has 0 bridgehead atoms. The quantitative estimate of drug-likeness (QED) is 0.752. The fourth-order valence-electron chi connectivity index (χ4n) is 2.54. The van der Waals surface area contributed by atoms with Gasteiger partial charge in [0.05, 0.1) is 5.54 Å². The lowest BCUT2D eigenvalue weighted by Crippen LogP contribution is -2.43. The molecular weight excluding hydrogens is 186 g/mol. The first-order chi connectivity index (χ1) is 7.37. The predicted molar refractivity (Wildman–Crippen MR) is 60.4 cm³/mol. The zero-order valence-corrected chi connectivity index (χ0v) is 8.91. The highest BCUT2D eigenvalue weighted by Gasteiger charge is 2.32. The topological polar surface area (TPSA) is 29.1 Å². The van der Waals surface area contributed by atoms with Crippen molar-refractivity contribution >= 4 is 6.41 Å². The van der Waals surface area contributed by atoms with Crippen molar-refractivity contribution in [1.82, 2.24) is 5.32 Å². The van der Waals surface area contributed by atoms with E-state index in [-0.39, 0.29) is 5.54 Å². The second-order valence-electron chi connectivity index (χ2n) is 4.27. The van der Waals surface area contributed by atoms with Gasteiger partial charge in [-0.2, -0.15) is 0 Å². The van der Waals surface area contributed by atoms with Gasteiger partial charge in [-0.05, 0) is 18.4 Å². The number of rotatable bonds is 3. The van der Waals surface area contributed by atoms with Crippen molar-refractivity contribution in [1.29, 1.82) is 0 Å². The van der Waals surface area contributed by atoms with Crippen LogP contribution in [0, 0.1) is 0 Å². The Bertz CT molecular complexity index is 315. The molecule has 1 aliphatic rings. The van der Waals surface area contributed by atoms with Gasteiger partial charge in [0, 0.05) is 0 Å². The minimum atomic E-state index is -0.0960. The van der Waals surface area contributed by atoms with Crippen molar-refractivity contribution in [2.45, 2.75) is 37.6 Å². The van der Waals surface area contributed by atoms with Crippen LogP contribution in [0.3, 0.4) is 0 Å². The largest absolute Gasteiger partial charge is 0.349 e. The summed E-state index contributed by atoms with van der Waals surface area (Å²) in [6, 6.07) is 10.3. The molecule has 0 radical (unpaired) electrons. The second-order valence-corrected chi connectivity index (χ2v) is 4.27. The Labute approximate surface area is 90.7 Å². The van der Waals surface area contributed by atoms with E-state index in [0.29, 0.717) is 0 Å². The van der Waals surface area contributed by atoms with E-state index in [1.807, 2.05) is 18.2 Å². The average molecular weight is 203 g/mol. The van der Waals surface area contributed by atoms with Crippen LogP contribution in [0.15, 0.2) is 30.3 Å².